The molecule has 0 unspecified atom stereocenters. The first-order valence-electron chi connectivity index (χ1n) is 7.27. The van der Waals surface area contributed by atoms with Gasteiger partial charge in [-0.05, 0) is 32.3 Å². The lowest BCUT2D eigenvalue weighted by Gasteiger charge is -2.34. The van der Waals surface area contributed by atoms with Gasteiger partial charge in [0.15, 0.2) is 0 Å². The van der Waals surface area contributed by atoms with Crippen LogP contribution in [0.15, 0.2) is 24.3 Å². The van der Waals surface area contributed by atoms with E-state index in [1.165, 1.54) is 0 Å². The van der Waals surface area contributed by atoms with E-state index in [1.54, 1.807) is 19.1 Å². The van der Waals surface area contributed by atoms with Crippen molar-refractivity contribution in [1.29, 1.82) is 0 Å². The molecule has 0 bridgehead atoms. The fourth-order valence-electron chi connectivity index (χ4n) is 2.23. The van der Waals surface area contributed by atoms with E-state index in [2.05, 4.69) is 5.32 Å². The molecule has 1 aliphatic carbocycles. The number of nitrogens with one attached hydrogen (secondary N) is 1. The van der Waals surface area contributed by atoms with Crippen LogP contribution in [0.2, 0.25) is 0 Å². The fourth-order valence-corrected chi connectivity index (χ4v) is 3.47. The lowest BCUT2D eigenvalue weighted by molar-refractivity contribution is 0.0824. The van der Waals surface area contributed by atoms with Crippen LogP contribution in [0.4, 0.5) is 4.79 Å². The van der Waals surface area contributed by atoms with Crippen molar-refractivity contribution in [2.24, 2.45) is 0 Å². The molecule has 1 aromatic rings. The molecule has 1 aromatic carbocycles. The van der Waals surface area contributed by atoms with Crippen LogP contribution in [0.3, 0.4) is 0 Å². The second-order valence-electron chi connectivity index (χ2n) is 5.44. The van der Waals surface area contributed by atoms with Crippen LogP contribution in [0.1, 0.15) is 30.9 Å². The number of carbonyl (C=O) groups excluding carboxylic acids is 1. The summed E-state index contributed by atoms with van der Waals surface area (Å²) >= 11 is 0. The second kappa shape index (κ2) is 7.11. The minimum absolute atomic E-state index is 0.0846. The Morgan fingerprint density at radius 3 is 2.50 bits per heavy atom. The van der Waals surface area contributed by atoms with Crippen LogP contribution >= 0.6 is 0 Å². The average Bonchev–Trinajstić information content (AvgIpc) is 2.39. The summed E-state index contributed by atoms with van der Waals surface area (Å²) < 4.78 is 33.9. The van der Waals surface area contributed by atoms with E-state index in [9.17, 15) is 13.2 Å². The van der Waals surface area contributed by atoms with E-state index in [1.807, 2.05) is 19.1 Å². The zero-order valence-corrected chi connectivity index (χ0v) is 13.6. The normalized spacial score (nSPS) is 21.0. The number of hydrogen-bond acceptors (Lipinski definition) is 5. The quantitative estimate of drug-likeness (QED) is 0.809. The third-order valence-electron chi connectivity index (χ3n) is 3.44. The van der Waals surface area contributed by atoms with Gasteiger partial charge >= 0.3 is 6.09 Å². The Morgan fingerprint density at radius 1 is 1.27 bits per heavy atom. The molecule has 0 aliphatic heterocycles. The molecule has 1 fully saturated rings. The number of rotatable bonds is 6. The molecule has 1 aliphatic rings. The van der Waals surface area contributed by atoms with Crippen molar-refractivity contribution >= 4 is 16.2 Å². The Bertz CT molecular complexity index is 605. The predicted molar refractivity (Wildman–Crippen MR) is 81.9 cm³/mol. The minimum Gasteiger partial charge on any atom is -0.450 e. The van der Waals surface area contributed by atoms with E-state index in [-0.39, 0.29) is 17.9 Å². The van der Waals surface area contributed by atoms with E-state index in [0.29, 0.717) is 25.0 Å². The summed E-state index contributed by atoms with van der Waals surface area (Å²) in [5.41, 5.74) is 1.78. The summed E-state index contributed by atoms with van der Waals surface area (Å²) in [6.45, 7) is 3.98. The van der Waals surface area contributed by atoms with Gasteiger partial charge in [-0.2, -0.15) is 8.42 Å². The van der Waals surface area contributed by atoms with Crippen molar-refractivity contribution in [3.05, 3.63) is 35.4 Å². The van der Waals surface area contributed by atoms with Crippen molar-refractivity contribution in [2.45, 2.75) is 44.6 Å². The molecule has 0 aromatic heterocycles. The second-order valence-corrected chi connectivity index (χ2v) is 7.04. The molecule has 0 saturated heterocycles. The van der Waals surface area contributed by atoms with Crippen molar-refractivity contribution in [3.63, 3.8) is 0 Å². The van der Waals surface area contributed by atoms with Crippen LogP contribution in [-0.2, 0) is 24.8 Å². The van der Waals surface area contributed by atoms with Gasteiger partial charge < -0.3 is 10.1 Å². The Morgan fingerprint density at radius 2 is 1.91 bits per heavy atom. The van der Waals surface area contributed by atoms with Crippen LogP contribution in [0.5, 0.6) is 0 Å². The highest BCUT2D eigenvalue weighted by Gasteiger charge is 2.34. The van der Waals surface area contributed by atoms with Gasteiger partial charge in [0.2, 0.25) is 0 Å². The molecular formula is C15H21NO5S. The number of aryl methyl sites for hydroxylation is 1. The van der Waals surface area contributed by atoms with Crippen LogP contribution in [0.25, 0.3) is 0 Å². The van der Waals surface area contributed by atoms with Crippen LogP contribution < -0.4 is 5.32 Å². The molecule has 1 amide bonds. The minimum atomic E-state index is -3.61. The molecule has 122 valence electrons. The summed E-state index contributed by atoms with van der Waals surface area (Å²) in [5, 5.41) is 2.65. The summed E-state index contributed by atoms with van der Waals surface area (Å²) in [5.74, 6) is -0.139. The number of amides is 1. The summed E-state index contributed by atoms with van der Waals surface area (Å²) in [6.07, 6.45) is 0.105. The molecule has 1 N–H and O–H groups in total. The first-order chi connectivity index (χ1) is 10.4. The maximum absolute atomic E-state index is 12.0. The number of benzene rings is 1. The lowest BCUT2D eigenvalue weighted by Crippen LogP contribution is -2.48. The molecule has 22 heavy (non-hydrogen) atoms. The van der Waals surface area contributed by atoms with Crippen molar-refractivity contribution in [1.82, 2.24) is 5.32 Å². The van der Waals surface area contributed by atoms with Gasteiger partial charge in [0.25, 0.3) is 10.1 Å². The van der Waals surface area contributed by atoms with Crippen molar-refractivity contribution < 1.29 is 22.1 Å². The molecule has 6 nitrogen and oxygen atoms in total. The van der Waals surface area contributed by atoms with E-state index >= 15 is 0 Å². The first kappa shape index (κ1) is 16.8. The molecule has 0 atom stereocenters. The molecule has 7 heteroatoms. The molecule has 0 spiro atoms. The van der Waals surface area contributed by atoms with E-state index in [0.717, 1.165) is 5.56 Å². The molecule has 0 heterocycles. The summed E-state index contributed by atoms with van der Waals surface area (Å²) in [4.78, 5) is 11.2. The van der Waals surface area contributed by atoms with Gasteiger partial charge in [-0.3, -0.25) is 4.18 Å². The van der Waals surface area contributed by atoms with Crippen molar-refractivity contribution in [2.75, 3.05) is 6.61 Å². The maximum atomic E-state index is 12.0. The van der Waals surface area contributed by atoms with Gasteiger partial charge in [0.1, 0.15) is 5.75 Å². The zero-order chi connectivity index (χ0) is 16.2. The van der Waals surface area contributed by atoms with Crippen molar-refractivity contribution in [3.8, 4) is 0 Å². The predicted octanol–water partition coefficient (Wildman–Crippen LogP) is 2.12. The maximum Gasteiger partial charge on any atom is 0.407 e. The molecule has 2 rings (SSSR count). The van der Waals surface area contributed by atoms with Gasteiger partial charge in [-0.1, -0.05) is 29.8 Å². The van der Waals surface area contributed by atoms with Gasteiger partial charge in [-0.25, -0.2) is 4.79 Å². The molecule has 0 radical (unpaired) electrons. The fraction of sp³-hybridized carbons (Fsp3) is 0.533. The third-order valence-corrected chi connectivity index (χ3v) is 4.69. The SMILES string of the molecule is CCOC(=O)NC1CC(OS(=O)(=O)Cc2ccc(C)cc2)C1. The third kappa shape index (κ3) is 4.99. The molecule has 1 saturated carbocycles. The van der Waals surface area contributed by atoms with E-state index < -0.39 is 16.2 Å². The van der Waals surface area contributed by atoms with Gasteiger partial charge in [0, 0.05) is 6.04 Å². The van der Waals surface area contributed by atoms with E-state index in [4.69, 9.17) is 8.92 Å². The first-order valence-corrected chi connectivity index (χ1v) is 8.85. The molecular weight excluding hydrogens is 306 g/mol. The van der Waals surface area contributed by atoms with Gasteiger partial charge in [0.05, 0.1) is 12.7 Å². The van der Waals surface area contributed by atoms with Crippen LogP contribution in [-0.4, -0.2) is 33.3 Å². The Kier molecular flexibility index (Phi) is 5.42. The number of ether oxygens (including phenoxy) is 1. The smallest absolute Gasteiger partial charge is 0.407 e. The average molecular weight is 327 g/mol. The Balaban J connectivity index is 1.77. The lowest BCUT2D eigenvalue weighted by atomic mass is 9.90. The zero-order valence-electron chi connectivity index (χ0n) is 12.7. The monoisotopic (exact) mass is 327 g/mol. The number of alkyl carbamates (subject to hydrolysis) is 1. The topological polar surface area (TPSA) is 81.7 Å². The summed E-state index contributed by atoms with van der Waals surface area (Å²) in [7, 11) is -3.61. The Labute approximate surface area is 130 Å². The summed E-state index contributed by atoms with van der Waals surface area (Å²) in [6, 6.07) is 7.21. The Hall–Kier alpha value is -1.60. The van der Waals surface area contributed by atoms with Crippen LogP contribution in [0, 0.1) is 6.92 Å². The number of carbonyl (C=O) groups is 1. The van der Waals surface area contributed by atoms with Gasteiger partial charge in [-0.15, -0.1) is 0 Å². The highest BCUT2D eigenvalue weighted by Crippen LogP contribution is 2.26. The standard InChI is InChI=1S/C15H21NO5S/c1-3-20-15(17)16-13-8-14(9-13)21-22(18,19)10-12-6-4-11(2)5-7-12/h4-7,13-14H,3,8-10H2,1-2H3,(H,16,17). The largest absolute Gasteiger partial charge is 0.450 e. The highest BCUT2D eigenvalue weighted by atomic mass is 32.2. The highest BCUT2D eigenvalue weighted by molar-refractivity contribution is 7.85. The number of hydrogen-bond donors (Lipinski definition) is 1.